The predicted octanol–water partition coefficient (Wildman–Crippen LogP) is 3.88. The van der Waals surface area contributed by atoms with Crippen molar-refractivity contribution in [1.29, 1.82) is 0 Å². The smallest absolute Gasteiger partial charge is 0.283 e. The normalized spacial score (nSPS) is 12.7. The molecule has 0 aromatic carbocycles. The molecule has 1 atom stereocenters. The first kappa shape index (κ1) is 18.3. The molecule has 2 rings (SSSR count). The first-order valence-corrected chi connectivity index (χ1v) is 7.81. The first-order valence-electron chi connectivity index (χ1n) is 7.43. The van der Waals surface area contributed by atoms with Crippen molar-refractivity contribution in [3.63, 3.8) is 0 Å². The second kappa shape index (κ2) is 7.25. The number of carbonyl (C=O) groups is 1. The quantitative estimate of drug-likeness (QED) is 0.817. The fourth-order valence-electron chi connectivity index (χ4n) is 2.78. The van der Waals surface area contributed by atoms with Gasteiger partial charge in [-0.2, -0.15) is 5.10 Å². The zero-order valence-electron chi connectivity index (χ0n) is 13.9. The van der Waals surface area contributed by atoms with E-state index < -0.39 is 18.0 Å². The van der Waals surface area contributed by atoms with Gasteiger partial charge in [-0.3, -0.25) is 14.5 Å². The Morgan fingerprint density at radius 2 is 2.04 bits per heavy atom. The van der Waals surface area contributed by atoms with Crippen LogP contribution in [0.5, 0.6) is 0 Å². The number of nitrogens with zero attached hydrogens (tertiary/aromatic N) is 4. The molecule has 0 saturated heterocycles. The van der Waals surface area contributed by atoms with Gasteiger partial charge in [0.25, 0.3) is 12.3 Å². The molecule has 0 bridgehead atoms. The van der Waals surface area contributed by atoms with E-state index in [2.05, 4.69) is 10.1 Å². The second-order valence-corrected chi connectivity index (χ2v) is 6.22. The molecule has 0 aliphatic carbocycles. The van der Waals surface area contributed by atoms with Crippen LogP contribution in [0.2, 0.25) is 5.15 Å². The molecule has 130 valence electrons. The summed E-state index contributed by atoms with van der Waals surface area (Å²) in [6.07, 6.45) is 0.412. The van der Waals surface area contributed by atoms with Gasteiger partial charge in [0.2, 0.25) is 0 Å². The van der Waals surface area contributed by atoms with Crippen molar-refractivity contribution in [3.8, 4) is 0 Å². The van der Waals surface area contributed by atoms with Gasteiger partial charge in [-0.25, -0.2) is 8.78 Å². The number of rotatable bonds is 5. The third-order valence-electron chi connectivity index (χ3n) is 3.82. The van der Waals surface area contributed by atoms with Gasteiger partial charge < -0.3 is 4.90 Å². The molecule has 2 heterocycles. The topological polar surface area (TPSA) is 51.0 Å². The lowest BCUT2D eigenvalue weighted by Gasteiger charge is -2.31. The maximum atomic E-state index is 13.2. The molecule has 24 heavy (non-hydrogen) atoms. The number of pyridine rings is 1. The van der Waals surface area contributed by atoms with Gasteiger partial charge in [0.05, 0.1) is 6.04 Å². The van der Waals surface area contributed by atoms with Crippen LogP contribution in [0.4, 0.5) is 8.78 Å². The molecule has 0 fully saturated rings. The largest absolute Gasteiger partial charge is 0.334 e. The summed E-state index contributed by atoms with van der Waals surface area (Å²) in [6, 6.07) is 3.29. The molecule has 8 heteroatoms. The number of aryl methyl sites for hydroxylation is 1. The molecule has 0 aliphatic heterocycles. The molecular formula is C16H19ClF2N4O. The molecule has 0 N–H and O–H groups in total. The van der Waals surface area contributed by atoms with Gasteiger partial charge in [-0.05, 0) is 17.5 Å². The monoisotopic (exact) mass is 356 g/mol. The van der Waals surface area contributed by atoms with Crippen molar-refractivity contribution >= 4 is 17.5 Å². The summed E-state index contributed by atoms with van der Waals surface area (Å²) in [4.78, 5) is 18.3. The summed E-state index contributed by atoms with van der Waals surface area (Å²) < 4.78 is 27.5. The zero-order chi connectivity index (χ0) is 18.0. The number of alkyl halides is 2. The Hall–Kier alpha value is -2.02. The van der Waals surface area contributed by atoms with E-state index in [1.54, 1.807) is 25.5 Å². The number of hydrogen-bond donors (Lipinski definition) is 0. The Morgan fingerprint density at radius 3 is 2.54 bits per heavy atom. The van der Waals surface area contributed by atoms with Gasteiger partial charge in [0.1, 0.15) is 16.4 Å². The van der Waals surface area contributed by atoms with Crippen molar-refractivity contribution in [2.75, 3.05) is 7.05 Å². The van der Waals surface area contributed by atoms with Gasteiger partial charge in [0, 0.05) is 26.5 Å². The molecule has 2 aromatic heterocycles. The van der Waals surface area contributed by atoms with Gasteiger partial charge >= 0.3 is 0 Å². The second-order valence-electron chi connectivity index (χ2n) is 5.87. The number of carbonyl (C=O) groups excluding carboxylic acids is 1. The minimum atomic E-state index is -2.88. The minimum absolute atomic E-state index is 0.0496. The van der Waals surface area contributed by atoms with Gasteiger partial charge in [-0.1, -0.05) is 31.5 Å². The SMILES string of the molecule is CC(C)C(c1cccnc1)N(C)C(=O)c1c(C(F)F)nn(C)c1Cl. The molecule has 0 aliphatic rings. The van der Waals surface area contributed by atoms with Crippen LogP contribution in [0.3, 0.4) is 0 Å². The first-order chi connectivity index (χ1) is 11.3. The van der Waals surface area contributed by atoms with E-state index in [1.807, 2.05) is 19.9 Å². The number of hydrogen-bond acceptors (Lipinski definition) is 3. The van der Waals surface area contributed by atoms with Crippen molar-refractivity contribution < 1.29 is 13.6 Å². The minimum Gasteiger partial charge on any atom is -0.334 e. The Labute approximate surface area is 144 Å². The summed E-state index contributed by atoms with van der Waals surface area (Å²) >= 11 is 6.03. The van der Waals surface area contributed by atoms with E-state index in [1.165, 1.54) is 11.9 Å². The van der Waals surface area contributed by atoms with Crippen molar-refractivity contribution in [2.24, 2.45) is 13.0 Å². The molecule has 1 amide bonds. The predicted molar refractivity (Wildman–Crippen MR) is 87.1 cm³/mol. The Balaban J connectivity index is 2.45. The molecule has 2 aromatic rings. The molecule has 0 saturated carbocycles. The Kier molecular flexibility index (Phi) is 5.54. The average Bonchev–Trinajstić information content (AvgIpc) is 2.83. The van der Waals surface area contributed by atoms with E-state index in [-0.39, 0.29) is 22.7 Å². The lowest BCUT2D eigenvalue weighted by atomic mass is 9.95. The fraction of sp³-hybridized carbons (Fsp3) is 0.438. The summed E-state index contributed by atoms with van der Waals surface area (Å²) in [7, 11) is 2.99. The average molecular weight is 357 g/mol. The highest BCUT2D eigenvalue weighted by molar-refractivity contribution is 6.33. The summed E-state index contributed by atoms with van der Waals surface area (Å²) in [6.45, 7) is 3.89. The van der Waals surface area contributed by atoms with E-state index in [4.69, 9.17) is 11.6 Å². The highest BCUT2D eigenvalue weighted by Gasteiger charge is 2.33. The Morgan fingerprint density at radius 1 is 1.38 bits per heavy atom. The number of halogens is 3. The number of amides is 1. The maximum absolute atomic E-state index is 13.2. The fourth-order valence-corrected chi connectivity index (χ4v) is 3.00. The van der Waals surface area contributed by atoms with Crippen LogP contribution in [0, 0.1) is 5.92 Å². The molecular weight excluding hydrogens is 338 g/mol. The van der Waals surface area contributed by atoms with E-state index in [0.717, 1.165) is 10.2 Å². The lowest BCUT2D eigenvalue weighted by molar-refractivity contribution is 0.0675. The van der Waals surface area contributed by atoms with Crippen LogP contribution >= 0.6 is 11.6 Å². The highest BCUT2D eigenvalue weighted by atomic mass is 35.5. The molecule has 0 spiro atoms. The zero-order valence-corrected chi connectivity index (χ0v) is 14.6. The highest BCUT2D eigenvalue weighted by Crippen LogP contribution is 2.33. The van der Waals surface area contributed by atoms with Gasteiger partial charge in [0.15, 0.2) is 0 Å². The van der Waals surface area contributed by atoms with Crippen molar-refractivity contribution in [3.05, 3.63) is 46.5 Å². The third-order valence-corrected chi connectivity index (χ3v) is 4.25. The molecule has 1 unspecified atom stereocenters. The summed E-state index contributed by atoms with van der Waals surface area (Å²) in [5.41, 5.74) is -0.0405. The van der Waals surface area contributed by atoms with Crippen LogP contribution in [0.15, 0.2) is 24.5 Å². The Bertz CT molecular complexity index is 718. The third kappa shape index (κ3) is 3.40. The van der Waals surface area contributed by atoms with Crippen molar-refractivity contribution in [2.45, 2.75) is 26.3 Å². The van der Waals surface area contributed by atoms with E-state index in [9.17, 15) is 13.6 Å². The molecule has 0 radical (unpaired) electrons. The van der Waals surface area contributed by atoms with E-state index in [0.29, 0.717) is 0 Å². The number of aromatic nitrogens is 3. The van der Waals surface area contributed by atoms with Crippen molar-refractivity contribution in [1.82, 2.24) is 19.7 Å². The molecule has 5 nitrogen and oxygen atoms in total. The van der Waals surface area contributed by atoms with Crippen LogP contribution in [-0.4, -0.2) is 32.6 Å². The summed E-state index contributed by atoms with van der Waals surface area (Å²) in [5.74, 6) is -0.542. The van der Waals surface area contributed by atoms with Crippen LogP contribution in [0.1, 0.15) is 47.9 Å². The van der Waals surface area contributed by atoms with Gasteiger partial charge in [-0.15, -0.1) is 0 Å². The van der Waals surface area contributed by atoms with Crippen LogP contribution in [0.25, 0.3) is 0 Å². The van der Waals surface area contributed by atoms with Crippen LogP contribution in [-0.2, 0) is 7.05 Å². The van der Waals surface area contributed by atoms with E-state index >= 15 is 0 Å². The summed E-state index contributed by atoms with van der Waals surface area (Å²) in [5, 5.41) is 3.56. The maximum Gasteiger partial charge on any atom is 0.283 e. The van der Waals surface area contributed by atoms with Crippen LogP contribution < -0.4 is 0 Å². The lowest BCUT2D eigenvalue weighted by Crippen LogP contribution is -2.34. The standard InChI is InChI=1S/C16H19ClF2N4O/c1-9(2)13(10-6-5-7-20-8-10)22(3)16(24)11-12(15(18)19)21-23(4)14(11)17/h5-9,13,15H,1-4H3.